The number of esters is 3. The third kappa shape index (κ3) is 43.1. The fourth-order valence-corrected chi connectivity index (χ4v) is 7.08. The van der Waals surface area contributed by atoms with Crippen LogP contribution in [0.15, 0.2) is 12.2 Å². The van der Waals surface area contributed by atoms with Crippen LogP contribution in [-0.4, -0.2) is 37.2 Å². The second kappa shape index (κ2) is 44.9. The van der Waals surface area contributed by atoms with Crippen molar-refractivity contribution in [2.45, 2.75) is 271 Å². The molecular formula is C49H92O6. The van der Waals surface area contributed by atoms with Crippen molar-refractivity contribution >= 4 is 17.9 Å². The van der Waals surface area contributed by atoms with Crippen molar-refractivity contribution in [3.05, 3.63) is 12.2 Å². The Kier molecular flexibility index (Phi) is 43.4. The minimum absolute atomic E-state index is 0.0699. The SMILES string of the molecule is CCCCC/C=C\CCCCCCCC(=O)OC(COC(=O)CCCCCCC)COC(=O)CCCCCCCCCCCCCCCCCCCCCC. The van der Waals surface area contributed by atoms with Crippen LogP contribution >= 0.6 is 0 Å². The van der Waals surface area contributed by atoms with Gasteiger partial charge in [0.05, 0.1) is 0 Å². The number of carbonyl (C=O) groups excluding carboxylic acids is 3. The van der Waals surface area contributed by atoms with Gasteiger partial charge in [-0.2, -0.15) is 0 Å². The number of carbonyl (C=O) groups is 3. The zero-order chi connectivity index (χ0) is 40.1. The van der Waals surface area contributed by atoms with Crippen molar-refractivity contribution in [1.29, 1.82) is 0 Å². The van der Waals surface area contributed by atoms with Gasteiger partial charge in [-0.05, 0) is 44.9 Å². The summed E-state index contributed by atoms with van der Waals surface area (Å²) in [4.78, 5) is 37.5. The molecule has 6 heteroatoms. The molecule has 1 atom stereocenters. The summed E-state index contributed by atoms with van der Waals surface area (Å²) in [5, 5.41) is 0. The van der Waals surface area contributed by atoms with Crippen LogP contribution in [0, 0.1) is 0 Å². The van der Waals surface area contributed by atoms with Gasteiger partial charge in [0.2, 0.25) is 0 Å². The quantitative estimate of drug-likeness (QED) is 0.0265. The largest absolute Gasteiger partial charge is 0.462 e. The lowest BCUT2D eigenvalue weighted by atomic mass is 10.0. The molecule has 0 aliphatic carbocycles. The van der Waals surface area contributed by atoms with Crippen LogP contribution in [0.3, 0.4) is 0 Å². The van der Waals surface area contributed by atoms with E-state index in [1.807, 2.05) is 0 Å². The highest BCUT2D eigenvalue weighted by atomic mass is 16.6. The molecule has 6 nitrogen and oxygen atoms in total. The van der Waals surface area contributed by atoms with E-state index in [0.29, 0.717) is 19.3 Å². The first-order chi connectivity index (χ1) is 27.0. The summed E-state index contributed by atoms with van der Waals surface area (Å²) in [6.07, 6.45) is 48.1. The van der Waals surface area contributed by atoms with Gasteiger partial charge in [-0.25, -0.2) is 0 Å². The van der Waals surface area contributed by atoms with E-state index in [1.54, 1.807) is 0 Å². The Balaban J connectivity index is 4.09. The zero-order valence-electron chi connectivity index (χ0n) is 37.0. The summed E-state index contributed by atoms with van der Waals surface area (Å²) in [6.45, 7) is 6.55. The maximum absolute atomic E-state index is 12.7. The van der Waals surface area contributed by atoms with Crippen LogP contribution in [0.5, 0.6) is 0 Å². The van der Waals surface area contributed by atoms with Gasteiger partial charge in [-0.1, -0.05) is 213 Å². The number of rotatable bonds is 44. The van der Waals surface area contributed by atoms with E-state index in [2.05, 4.69) is 32.9 Å². The third-order valence-electron chi connectivity index (χ3n) is 10.8. The maximum Gasteiger partial charge on any atom is 0.306 e. The third-order valence-corrected chi connectivity index (χ3v) is 10.8. The van der Waals surface area contributed by atoms with Gasteiger partial charge < -0.3 is 14.2 Å². The van der Waals surface area contributed by atoms with Crippen LogP contribution in [0.1, 0.15) is 265 Å². The Labute approximate surface area is 341 Å². The van der Waals surface area contributed by atoms with Crippen LogP contribution in [0.2, 0.25) is 0 Å². The van der Waals surface area contributed by atoms with E-state index in [4.69, 9.17) is 14.2 Å². The average molecular weight is 777 g/mol. The van der Waals surface area contributed by atoms with Crippen LogP contribution < -0.4 is 0 Å². The molecule has 0 spiro atoms. The van der Waals surface area contributed by atoms with Crippen molar-refractivity contribution < 1.29 is 28.6 Å². The normalized spacial score (nSPS) is 12.0. The first-order valence-electron chi connectivity index (χ1n) is 24.2. The Morgan fingerprint density at radius 3 is 0.945 bits per heavy atom. The number of allylic oxidation sites excluding steroid dienone is 2. The molecule has 0 aliphatic rings. The van der Waals surface area contributed by atoms with E-state index in [1.165, 1.54) is 154 Å². The lowest BCUT2D eigenvalue weighted by molar-refractivity contribution is -0.167. The Bertz CT molecular complexity index is 854. The maximum atomic E-state index is 12.7. The molecule has 0 saturated carbocycles. The summed E-state index contributed by atoms with van der Waals surface area (Å²) in [5.41, 5.74) is 0. The highest BCUT2D eigenvalue weighted by Crippen LogP contribution is 2.16. The van der Waals surface area contributed by atoms with Gasteiger partial charge >= 0.3 is 17.9 Å². The molecule has 0 heterocycles. The molecule has 55 heavy (non-hydrogen) atoms. The summed E-state index contributed by atoms with van der Waals surface area (Å²) >= 11 is 0. The molecule has 1 unspecified atom stereocenters. The van der Waals surface area contributed by atoms with E-state index < -0.39 is 6.10 Å². The molecule has 0 fully saturated rings. The lowest BCUT2D eigenvalue weighted by Crippen LogP contribution is -2.30. The molecule has 0 aromatic heterocycles. The summed E-state index contributed by atoms with van der Waals surface area (Å²) < 4.78 is 16.6. The van der Waals surface area contributed by atoms with Crippen LogP contribution in [0.4, 0.5) is 0 Å². The first kappa shape index (κ1) is 53.1. The second-order valence-electron chi connectivity index (χ2n) is 16.4. The molecule has 0 N–H and O–H groups in total. The molecule has 0 aliphatic heterocycles. The molecule has 0 aromatic carbocycles. The van der Waals surface area contributed by atoms with Crippen molar-refractivity contribution in [2.75, 3.05) is 13.2 Å². The topological polar surface area (TPSA) is 78.9 Å². The number of unbranched alkanes of at least 4 members (excludes halogenated alkanes) is 31. The Morgan fingerprint density at radius 1 is 0.345 bits per heavy atom. The van der Waals surface area contributed by atoms with Gasteiger partial charge in [0.25, 0.3) is 0 Å². The number of hydrogen-bond acceptors (Lipinski definition) is 6. The predicted molar refractivity (Wildman–Crippen MR) is 233 cm³/mol. The summed E-state index contributed by atoms with van der Waals surface area (Å²) in [6, 6.07) is 0. The van der Waals surface area contributed by atoms with Crippen LogP contribution in [0.25, 0.3) is 0 Å². The number of hydrogen-bond donors (Lipinski definition) is 0. The molecule has 0 aromatic rings. The summed E-state index contributed by atoms with van der Waals surface area (Å²) in [5.74, 6) is -0.883. The lowest BCUT2D eigenvalue weighted by Gasteiger charge is -2.18. The monoisotopic (exact) mass is 777 g/mol. The minimum atomic E-state index is -0.764. The van der Waals surface area contributed by atoms with Gasteiger partial charge in [0, 0.05) is 19.3 Å². The second-order valence-corrected chi connectivity index (χ2v) is 16.4. The highest BCUT2D eigenvalue weighted by molar-refractivity contribution is 5.71. The van der Waals surface area contributed by atoms with E-state index in [-0.39, 0.29) is 31.1 Å². The fraction of sp³-hybridized carbons (Fsp3) is 0.898. The average Bonchev–Trinajstić information content (AvgIpc) is 3.18. The van der Waals surface area contributed by atoms with Crippen molar-refractivity contribution in [3.63, 3.8) is 0 Å². The Morgan fingerprint density at radius 2 is 0.600 bits per heavy atom. The molecule has 0 rings (SSSR count). The van der Waals surface area contributed by atoms with Gasteiger partial charge in [0.1, 0.15) is 13.2 Å². The molecule has 324 valence electrons. The predicted octanol–water partition coefficient (Wildman–Crippen LogP) is 15.4. The van der Waals surface area contributed by atoms with Crippen LogP contribution in [-0.2, 0) is 28.6 Å². The fourth-order valence-electron chi connectivity index (χ4n) is 7.08. The Hall–Kier alpha value is -1.85. The number of ether oxygens (including phenoxy) is 3. The van der Waals surface area contributed by atoms with Gasteiger partial charge in [-0.3, -0.25) is 14.4 Å². The minimum Gasteiger partial charge on any atom is -0.462 e. The van der Waals surface area contributed by atoms with E-state index >= 15 is 0 Å². The first-order valence-corrected chi connectivity index (χ1v) is 24.2. The summed E-state index contributed by atoms with van der Waals surface area (Å²) in [7, 11) is 0. The van der Waals surface area contributed by atoms with Crippen molar-refractivity contribution in [2.24, 2.45) is 0 Å². The smallest absolute Gasteiger partial charge is 0.306 e. The standard InChI is InChI=1S/C49H92O6/c1-4-7-10-13-15-17-19-21-22-23-24-25-26-27-28-30-31-33-36-39-42-48(51)54-45-46(44-53-47(50)41-38-35-12-9-6-3)55-49(52)43-40-37-34-32-29-20-18-16-14-11-8-5-2/h16,18,46H,4-15,17,19-45H2,1-3H3/b18-16-. The molecule has 0 bridgehead atoms. The molecular weight excluding hydrogens is 685 g/mol. The van der Waals surface area contributed by atoms with Crippen molar-refractivity contribution in [1.82, 2.24) is 0 Å². The molecule has 0 radical (unpaired) electrons. The molecule has 0 saturated heterocycles. The highest BCUT2D eigenvalue weighted by Gasteiger charge is 2.19. The van der Waals surface area contributed by atoms with Gasteiger partial charge in [-0.15, -0.1) is 0 Å². The van der Waals surface area contributed by atoms with E-state index in [0.717, 1.165) is 70.6 Å². The zero-order valence-corrected chi connectivity index (χ0v) is 37.0. The van der Waals surface area contributed by atoms with Gasteiger partial charge in [0.15, 0.2) is 6.10 Å². The van der Waals surface area contributed by atoms with E-state index in [9.17, 15) is 14.4 Å². The molecule has 0 amide bonds. The van der Waals surface area contributed by atoms with Crippen molar-refractivity contribution in [3.8, 4) is 0 Å².